The smallest absolute Gasteiger partial charge is 0.321 e. The van der Waals surface area contributed by atoms with Gasteiger partial charge in [0, 0.05) is 24.2 Å². The van der Waals surface area contributed by atoms with E-state index >= 15 is 0 Å². The summed E-state index contributed by atoms with van der Waals surface area (Å²) in [5.41, 5.74) is 2.94. The van der Waals surface area contributed by atoms with E-state index in [4.69, 9.17) is 0 Å². The van der Waals surface area contributed by atoms with Crippen LogP contribution in [-0.4, -0.2) is 19.1 Å². The molecule has 1 aliphatic heterocycles. The number of amides is 2. The molecule has 0 radical (unpaired) electrons. The maximum Gasteiger partial charge on any atom is 0.321 e. The molecule has 0 bridgehead atoms. The van der Waals surface area contributed by atoms with Crippen LogP contribution in [0.25, 0.3) is 0 Å². The van der Waals surface area contributed by atoms with E-state index in [1.807, 2.05) is 32.0 Å². The molecular formula is C19H21FN2O. The van der Waals surface area contributed by atoms with Crippen molar-refractivity contribution in [2.45, 2.75) is 25.7 Å². The Morgan fingerprint density at radius 3 is 2.61 bits per heavy atom. The summed E-state index contributed by atoms with van der Waals surface area (Å²) in [5, 5.41) is 3.01. The van der Waals surface area contributed by atoms with Crippen LogP contribution in [0.2, 0.25) is 0 Å². The molecular weight excluding hydrogens is 291 g/mol. The number of hydrogen-bond acceptors (Lipinski definition) is 1. The van der Waals surface area contributed by atoms with Gasteiger partial charge in [0.05, 0.1) is 0 Å². The molecule has 0 atom stereocenters. The van der Waals surface area contributed by atoms with Gasteiger partial charge in [0.2, 0.25) is 0 Å². The van der Waals surface area contributed by atoms with Crippen molar-refractivity contribution >= 4 is 11.7 Å². The van der Waals surface area contributed by atoms with Gasteiger partial charge in [-0.1, -0.05) is 44.2 Å². The molecule has 3 nitrogen and oxygen atoms in total. The first kappa shape index (κ1) is 15.5. The van der Waals surface area contributed by atoms with Crippen molar-refractivity contribution in [3.63, 3.8) is 0 Å². The summed E-state index contributed by atoms with van der Waals surface area (Å²) in [6, 6.07) is 14.4. The largest absolute Gasteiger partial charge is 0.337 e. The molecule has 0 aromatic heterocycles. The van der Waals surface area contributed by atoms with E-state index in [2.05, 4.69) is 11.4 Å². The molecule has 120 valence electrons. The number of halogens is 1. The van der Waals surface area contributed by atoms with Gasteiger partial charge < -0.3 is 5.32 Å². The fraction of sp³-hybridized carbons (Fsp3) is 0.316. The van der Waals surface area contributed by atoms with Gasteiger partial charge in [0.1, 0.15) is 5.82 Å². The van der Waals surface area contributed by atoms with Crippen LogP contribution in [-0.2, 0) is 11.8 Å². The topological polar surface area (TPSA) is 32.3 Å². The second-order valence-corrected chi connectivity index (χ2v) is 6.58. The maximum atomic E-state index is 13.1. The highest BCUT2D eigenvalue weighted by atomic mass is 19.1. The van der Waals surface area contributed by atoms with Gasteiger partial charge in [0.25, 0.3) is 0 Å². The molecule has 0 saturated carbocycles. The summed E-state index contributed by atoms with van der Waals surface area (Å²) in [6.07, 6.45) is 0.894. The lowest BCUT2D eigenvalue weighted by atomic mass is 9.84. The molecule has 3 rings (SSSR count). The van der Waals surface area contributed by atoms with E-state index in [0.717, 1.165) is 17.7 Å². The molecule has 2 amide bonds. The number of nitrogens with zero attached hydrogens (tertiary/aromatic N) is 1. The third kappa shape index (κ3) is 3.21. The van der Waals surface area contributed by atoms with Crippen LogP contribution < -0.4 is 10.2 Å². The minimum atomic E-state index is -0.261. The van der Waals surface area contributed by atoms with Crippen molar-refractivity contribution < 1.29 is 9.18 Å². The van der Waals surface area contributed by atoms with E-state index in [-0.39, 0.29) is 17.3 Å². The van der Waals surface area contributed by atoms with E-state index in [1.165, 1.54) is 17.7 Å². The van der Waals surface area contributed by atoms with Crippen molar-refractivity contribution in [1.82, 2.24) is 5.32 Å². The lowest BCUT2D eigenvalue weighted by molar-refractivity contribution is 0.244. The monoisotopic (exact) mass is 312 g/mol. The highest BCUT2D eigenvalue weighted by molar-refractivity contribution is 5.94. The molecule has 4 heteroatoms. The number of para-hydroxylation sites is 1. The van der Waals surface area contributed by atoms with Crippen LogP contribution in [0.5, 0.6) is 0 Å². The second-order valence-electron chi connectivity index (χ2n) is 6.58. The molecule has 23 heavy (non-hydrogen) atoms. The van der Waals surface area contributed by atoms with Gasteiger partial charge in [-0.25, -0.2) is 9.18 Å². The highest BCUT2D eigenvalue weighted by Gasteiger charge is 2.27. The summed E-state index contributed by atoms with van der Waals surface area (Å²) in [5.74, 6) is -0.248. The van der Waals surface area contributed by atoms with Crippen molar-refractivity contribution in [2.24, 2.45) is 0 Å². The minimum absolute atomic E-state index is 0.0786. The molecule has 0 aliphatic carbocycles. The van der Waals surface area contributed by atoms with Crippen molar-refractivity contribution in [3.05, 3.63) is 65.5 Å². The summed E-state index contributed by atoms with van der Waals surface area (Å²) in [7, 11) is 0. The average Bonchev–Trinajstić information content (AvgIpc) is 2.97. The van der Waals surface area contributed by atoms with Gasteiger partial charge in [-0.3, -0.25) is 4.90 Å². The summed E-state index contributed by atoms with van der Waals surface area (Å²) < 4.78 is 13.1. The first-order valence-electron chi connectivity index (χ1n) is 7.87. The fourth-order valence-corrected chi connectivity index (χ4v) is 2.94. The third-order valence-electron chi connectivity index (χ3n) is 4.44. The number of fused-ring (bicyclic) bond motifs is 1. The molecule has 2 aromatic rings. The Labute approximate surface area is 136 Å². The summed E-state index contributed by atoms with van der Waals surface area (Å²) >= 11 is 0. The van der Waals surface area contributed by atoms with E-state index < -0.39 is 0 Å². The normalized spacial score (nSPS) is 13.8. The Hall–Kier alpha value is -2.36. The fourth-order valence-electron chi connectivity index (χ4n) is 2.94. The number of rotatable bonds is 3. The van der Waals surface area contributed by atoms with Crippen LogP contribution in [0.15, 0.2) is 48.5 Å². The molecule has 1 aliphatic rings. The standard InChI is InChI=1S/C19H21FN2O/c1-19(2,15-7-9-16(20)10-8-15)13-21-18(23)22-12-11-14-5-3-4-6-17(14)22/h3-10H,11-13H2,1-2H3,(H,21,23). The zero-order valence-corrected chi connectivity index (χ0v) is 13.5. The number of benzene rings is 2. The maximum absolute atomic E-state index is 13.1. The molecule has 1 heterocycles. The summed E-state index contributed by atoms with van der Waals surface area (Å²) in [6.45, 7) is 5.29. The Balaban J connectivity index is 1.66. The Kier molecular flexibility index (Phi) is 4.07. The molecule has 1 N–H and O–H groups in total. The molecule has 0 unspecified atom stereocenters. The number of anilines is 1. The van der Waals surface area contributed by atoms with Gasteiger partial charge >= 0.3 is 6.03 Å². The Morgan fingerprint density at radius 1 is 1.17 bits per heavy atom. The number of carbonyl (C=O) groups is 1. The van der Waals surface area contributed by atoms with E-state index in [0.29, 0.717) is 13.1 Å². The summed E-state index contributed by atoms with van der Waals surface area (Å²) in [4.78, 5) is 14.3. The molecule has 0 spiro atoms. The van der Waals surface area contributed by atoms with Crippen molar-refractivity contribution in [2.75, 3.05) is 18.0 Å². The lowest BCUT2D eigenvalue weighted by Crippen LogP contribution is -2.44. The predicted molar refractivity (Wildman–Crippen MR) is 90.3 cm³/mol. The van der Waals surface area contributed by atoms with Gasteiger partial charge in [0.15, 0.2) is 0 Å². The SMILES string of the molecule is CC(C)(CNC(=O)N1CCc2ccccc21)c1ccc(F)cc1. The molecule has 0 fully saturated rings. The van der Waals surface area contributed by atoms with Gasteiger partial charge in [-0.2, -0.15) is 0 Å². The van der Waals surface area contributed by atoms with Crippen LogP contribution in [0.4, 0.5) is 14.9 Å². The number of nitrogens with one attached hydrogen (secondary N) is 1. The predicted octanol–water partition coefficient (Wildman–Crippen LogP) is 3.88. The quantitative estimate of drug-likeness (QED) is 0.916. The first-order valence-corrected chi connectivity index (χ1v) is 7.87. The van der Waals surface area contributed by atoms with E-state index in [1.54, 1.807) is 17.0 Å². The van der Waals surface area contributed by atoms with Crippen molar-refractivity contribution in [1.29, 1.82) is 0 Å². The zero-order chi connectivity index (χ0) is 16.4. The number of carbonyl (C=O) groups excluding carboxylic acids is 1. The van der Waals surface area contributed by atoms with E-state index in [9.17, 15) is 9.18 Å². The van der Waals surface area contributed by atoms with Crippen molar-refractivity contribution in [3.8, 4) is 0 Å². The minimum Gasteiger partial charge on any atom is -0.337 e. The number of hydrogen-bond donors (Lipinski definition) is 1. The van der Waals surface area contributed by atoms with Gasteiger partial charge in [-0.05, 0) is 35.7 Å². The lowest BCUT2D eigenvalue weighted by Gasteiger charge is -2.27. The third-order valence-corrected chi connectivity index (χ3v) is 4.44. The van der Waals surface area contributed by atoms with Crippen LogP contribution in [0, 0.1) is 5.82 Å². The Morgan fingerprint density at radius 2 is 1.87 bits per heavy atom. The van der Waals surface area contributed by atoms with Crippen LogP contribution >= 0.6 is 0 Å². The zero-order valence-electron chi connectivity index (χ0n) is 13.5. The van der Waals surface area contributed by atoms with Crippen LogP contribution in [0.3, 0.4) is 0 Å². The number of urea groups is 1. The molecule has 2 aromatic carbocycles. The molecule has 0 saturated heterocycles. The van der Waals surface area contributed by atoms with Crippen LogP contribution in [0.1, 0.15) is 25.0 Å². The average molecular weight is 312 g/mol. The van der Waals surface area contributed by atoms with Gasteiger partial charge in [-0.15, -0.1) is 0 Å². The second kappa shape index (κ2) is 6.03. The Bertz CT molecular complexity index is 710. The highest BCUT2D eigenvalue weighted by Crippen LogP contribution is 2.28. The first-order chi connectivity index (χ1) is 11.0.